The number of rotatable bonds is 9. The van der Waals surface area contributed by atoms with Gasteiger partial charge in [0.15, 0.2) is 0 Å². The summed E-state index contributed by atoms with van der Waals surface area (Å²) in [7, 11) is 1.53. The molecule has 2 aromatic carbocycles. The van der Waals surface area contributed by atoms with Gasteiger partial charge in [-0.25, -0.2) is 0 Å². The van der Waals surface area contributed by atoms with Gasteiger partial charge in [-0.2, -0.15) is 0 Å². The first kappa shape index (κ1) is 29.0. The first-order chi connectivity index (χ1) is 20.9. The van der Waals surface area contributed by atoms with Crippen LogP contribution in [-0.2, 0) is 25.7 Å². The Bertz CT molecular complexity index is 1360. The summed E-state index contributed by atoms with van der Waals surface area (Å²) in [5.41, 5.74) is 3.52. The standard InChI is InChI=1S/C32H39N5O6/c1-33-31(40)27(8-5-15-38)37-18-22-16-28-29(17-26(22)32(37)41)42-21-24-19-34(13-14-36(24)28)20-30(39)43-25-9-11-35(12-10-25)23-6-3-2-4-7-23/h2-4,6-7,15-17,24-25,27H,5,8-14,18-21H2,1H3,(H,33,40). The number of nitrogens with zero attached hydrogens (tertiary/aromatic N) is 4. The summed E-state index contributed by atoms with van der Waals surface area (Å²) in [4.78, 5) is 58.0. The largest absolute Gasteiger partial charge is 0.489 e. The number of esters is 1. The molecule has 2 atom stereocenters. The SMILES string of the molecule is CNC(=O)C(CCC=O)N1Cc2cc3c(cc2C1=O)OCC1CN(CC(=O)OC2CCN(c4ccccc4)CC2)CCN31. The molecule has 0 aromatic heterocycles. The molecule has 0 bridgehead atoms. The van der Waals surface area contributed by atoms with E-state index in [0.717, 1.165) is 50.0 Å². The van der Waals surface area contributed by atoms with E-state index < -0.39 is 6.04 Å². The maximum atomic E-state index is 13.3. The lowest BCUT2D eigenvalue weighted by molar-refractivity contribution is -0.151. The van der Waals surface area contributed by atoms with E-state index in [1.807, 2.05) is 24.3 Å². The number of aldehydes is 1. The van der Waals surface area contributed by atoms with E-state index in [4.69, 9.17) is 9.47 Å². The summed E-state index contributed by atoms with van der Waals surface area (Å²) in [6, 6.07) is 13.5. The number of likely N-dealkylation sites (N-methyl/N-ethyl adjacent to an activating group) is 1. The average Bonchev–Trinajstić information content (AvgIpc) is 3.35. The molecule has 4 aliphatic heterocycles. The van der Waals surface area contributed by atoms with Gasteiger partial charge in [0, 0.05) is 76.8 Å². The molecule has 0 saturated carbocycles. The van der Waals surface area contributed by atoms with Crippen LogP contribution in [0.25, 0.3) is 0 Å². The number of carbonyl (C=O) groups is 4. The summed E-state index contributed by atoms with van der Waals surface area (Å²) >= 11 is 0. The van der Waals surface area contributed by atoms with E-state index in [-0.39, 0.29) is 49.3 Å². The summed E-state index contributed by atoms with van der Waals surface area (Å²) < 4.78 is 12.0. The number of piperidine rings is 1. The summed E-state index contributed by atoms with van der Waals surface area (Å²) in [5, 5.41) is 2.62. The number of hydrogen-bond donors (Lipinski definition) is 1. The van der Waals surface area contributed by atoms with E-state index >= 15 is 0 Å². The van der Waals surface area contributed by atoms with Crippen molar-refractivity contribution < 1.29 is 28.7 Å². The van der Waals surface area contributed by atoms with Crippen molar-refractivity contribution in [3.8, 4) is 5.75 Å². The number of piperazine rings is 1. The number of anilines is 2. The van der Waals surface area contributed by atoms with Gasteiger partial charge in [0.05, 0.1) is 18.3 Å². The molecular weight excluding hydrogens is 550 g/mol. The summed E-state index contributed by atoms with van der Waals surface area (Å²) in [6.45, 7) is 4.87. The Labute approximate surface area is 251 Å². The lowest BCUT2D eigenvalue weighted by Crippen LogP contribution is -2.58. The minimum Gasteiger partial charge on any atom is -0.489 e. The number of amides is 2. The minimum atomic E-state index is -0.708. The van der Waals surface area contributed by atoms with Crippen molar-refractivity contribution in [1.29, 1.82) is 0 Å². The Morgan fingerprint density at radius 3 is 2.65 bits per heavy atom. The molecule has 4 aliphatic rings. The summed E-state index contributed by atoms with van der Waals surface area (Å²) in [5.74, 6) is -0.0295. The molecule has 1 N–H and O–H groups in total. The highest BCUT2D eigenvalue weighted by Crippen LogP contribution is 2.40. The smallest absolute Gasteiger partial charge is 0.320 e. The van der Waals surface area contributed by atoms with Crippen LogP contribution in [-0.4, -0.2) is 105 Å². The molecule has 0 aliphatic carbocycles. The normalized spacial score (nSPS) is 20.9. The highest BCUT2D eigenvalue weighted by Gasteiger charge is 2.40. The van der Waals surface area contributed by atoms with E-state index in [1.165, 1.54) is 12.7 Å². The van der Waals surface area contributed by atoms with Crippen LogP contribution in [0.5, 0.6) is 5.75 Å². The van der Waals surface area contributed by atoms with E-state index in [2.05, 4.69) is 32.1 Å². The fourth-order valence-electron chi connectivity index (χ4n) is 6.75. The van der Waals surface area contributed by atoms with Crippen molar-refractivity contribution in [2.45, 2.75) is 50.4 Å². The highest BCUT2D eigenvalue weighted by atomic mass is 16.5. The zero-order valence-electron chi connectivity index (χ0n) is 24.6. The molecule has 228 valence electrons. The molecule has 2 fully saturated rings. The molecule has 2 aromatic rings. The predicted octanol–water partition coefficient (Wildman–Crippen LogP) is 1.83. The van der Waals surface area contributed by atoms with Crippen LogP contribution in [0.15, 0.2) is 42.5 Å². The molecule has 0 radical (unpaired) electrons. The molecule has 0 spiro atoms. The van der Waals surface area contributed by atoms with Crippen LogP contribution in [0.1, 0.15) is 41.6 Å². The predicted molar refractivity (Wildman–Crippen MR) is 160 cm³/mol. The molecule has 43 heavy (non-hydrogen) atoms. The third-order valence-corrected chi connectivity index (χ3v) is 9.02. The van der Waals surface area contributed by atoms with Gasteiger partial charge in [-0.05, 0) is 36.2 Å². The van der Waals surface area contributed by atoms with Crippen molar-refractivity contribution in [3.63, 3.8) is 0 Å². The number of fused-ring (bicyclic) bond motifs is 4. The fraction of sp³-hybridized carbons (Fsp3) is 0.500. The topological polar surface area (TPSA) is 112 Å². The van der Waals surface area contributed by atoms with Gasteiger partial charge in [0.25, 0.3) is 5.91 Å². The zero-order valence-corrected chi connectivity index (χ0v) is 24.6. The van der Waals surface area contributed by atoms with Crippen molar-refractivity contribution in [3.05, 3.63) is 53.6 Å². The number of carbonyl (C=O) groups excluding carboxylic acids is 4. The van der Waals surface area contributed by atoms with Crippen LogP contribution in [0.2, 0.25) is 0 Å². The first-order valence-electron chi connectivity index (χ1n) is 15.2. The Morgan fingerprint density at radius 2 is 1.91 bits per heavy atom. The summed E-state index contributed by atoms with van der Waals surface area (Å²) in [6.07, 6.45) is 2.85. The van der Waals surface area contributed by atoms with Crippen LogP contribution in [0.3, 0.4) is 0 Å². The van der Waals surface area contributed by atoms with Gasteiger partial charge in [-0.3, -0.25) is 19.3 Å². The van der Waals surface area contributed by atoms with Gasteiger partial charge < -0.3 is 34.3 Å². The van der Waals surface area contributed by atoms with Gasteiger partial charge >= 0.3 is 5.97 Å². The molecule has 2 saturated heterocycles. The molecule has 6 rings (SSSR count). The van der Waals surface area contributed by atoms with E-state index in [0.29, 0.717) is 37.6 Å². The lowest BCUT2D eigenvalue weighted by atomic mass is 10.0. The maximum absolute atomic E-state index is 13.3. The minimum absolute atomic E-state index is 0.0514. The maximum Gasteiger partial charge on any atom is 0.320 e. The Morgan fingerprint density at radius 1 is 1.12 bits per heavy atom. The Hall–Kier alpha value is -4.12. The molecule has 11 heteroatoms. The molecule has 2 amide bonds. The van der Waals surface area contributed by atoms with Crippen LogP contribution < -0.4 is 19.9 Å². The third-order valence-electron chi connectivity index (χ3n) is 9.02. The molecule has 4 heterocycles. The third kappa shape index (κ3) is 6.04. The zero-order chi connectivity index (χ0) is 29.9. The monoisotopic (exact) mass is 589 g/mol. The van der Waals surface area contributed by atoms with E-state index in [1.54, 1.807) is 11.0 Å². The van der Waals surface area contributed by atoms with Gasteiger partial charge in [-0.15, -0.1) is 0 Å². The van der Waals surface area contributed by atoms with Gasteiger partial charge in [0.2, 0.25) is 5.91 Å². The number of ether oxygens (including phenoxy) is 2. The van der Waals surface area contributed by atoms with Crippen LogP contribution in [0.4, 0.5) is 11.4 Å². The number of para-hydroxylation sites is 1. The quantitative estimate of drug-likeness (QED) is 0.346. The second-order valence-corrected chi connectivity index (χ2v) is 11.7. The number of nitrogens with one attached hydrogen (secondary N) is 1. The number of benzene rings is 2. The van der Waals surface area contributed by atoms with Crippen LogP contribution in [0, 0.1) is 0 Å². The molecule has 2 unspecified atom stereocenters. The average molecular weight is 590 g/mol. The fourth-order valence-corrected chi connectivity index (χ4v) is 6.75. The second kappa shape index (κ2) is 12.6. The Balaban J connectivity index is 1.04. The van der Waals surface area contributed by atoms with Gasteiger partial charge in [0.1, 0.15) is 30.8 Å². The Kier molecular flexibility index (Phi) is 8.51. The van der Waals surface area contributed by atoms with Crippen LogP contribution >= 0.6 is 0 Å². The van der Waals surface area contributed by atoms with E-state index in [9.17, 15) is 19.2 Å². The second-order valence-electron chi connectivity index (χ2n) is 11.7. The highest BCUT2D eigenvalue weighted by molar-refractivity contribution is 6.02. The van der Waals surface area contributed by atoms with Crippen molar-refractivity contribution >= 4 is 35.4 Å². The van der Waals surface area contributed by atoms with Gasteiger partial charge in [-0.1, -0.05) is 18.2 Å². The van der Waals surface area contributed by atoms with Crippen molar-refractivity contribution in [2.75, 3.05) is 62.7 Å². The first-order valence-corrected chi connectivity index (χ1v) is 15.2. The molecular formula is C32H39N5O6. The van der Waals surface area contributed by atoms with Crippen molar-refractivity contribution in [1.82, 2.24) is 15.1 Å². The number of hydrogen-bond acceptors (Lipinski definition) is 9. The lowest BCUT2D eigenvalue weighted by Gasteiger charge is -2.45. The van der Waals surface area contributed by atoms with Crippen molar-refractivity contribution in [2.24, 2.45) is 0 Å². The molecule has 11 nitrogen and oxygen atoms in total.